The molecule has 1 aromatic rings. The van der Waals surface area contributed by atoms with E-state index in [0.29, 0.717) is 12.6 Å². The average molecular weight is 222 g/mol. The molecule has 88 valence electrons. The van der Waals surface area contributed by atoms with Gasteiger partial charge in [-0.2, -0.15) is 0 Å². The van der Waals surface area contributed by atoms with E-state index in [0.717, 1.165) is 12.2 Å². The monoisotopic (exact) mass is 222 g/mol. The highest BCUT2D eigenvalue weighted by atomic mass is 16.5. The summed E-state index contributed by atoms with van der Waals surface area (Å²) in [5.74, 6) is 6.04. The predicted molar refractivity (Wildman–Crippen MR) is 65.4 cm³/mol. The van der Waals surface area contributed by atoms with E-state index < -0.39 is 0 Å². The lowest BCUT2D eigenvalue weighted by molar-refractivity contribution is 0.182. The highest BCUT2D eigenvalue weighted by molar-refractivity contribution is 5.81. The highest BCUT2D eigenvalue weighted by Gasteiger charge is 2.03. The lowest BCUT2D eigenvalue weighted by Crippen LogP contribution is -2.43. The van der Waals surface area contributed by atoms with E-state index in [-0.39, 0.29) is 0 Å². The van der Waals surface area contributed by atoms with Crippen molar-refractivity contribution in [3.63, 3.8) is 0 Å². The van der Waals surface area contributed by atoms with Crippen LogP contribution in [0.1, 0.15) is 0 Å². The second-order valence-corrected chi connectivity index (χ2v) is 3.33. The third-order valence-corrected chi connectivity index (χ3v) is 2.11. The van der Waals surface area contributed by atoms with Gasteiger partial charge in [-0.15, -0.1) is 0 Å². The van der Waals surface area contributed by atoms with Crippen molar-refractivity contribution in [1.29, 1.82) is 0 Å². The number of ether oxygens (including phenoxy) is 1. The summed E-state index contributed by atoms with van der Waals surface area (Å²) in [5, 5.41) is 0. The van der Waals surface area contributed by atoms with Gasteiger partial charge in [-0.1, -0.05) is 18.2 Å². The summed E-state index contributed by atoms with van der Waals surface area (Å²) in [4.78, 5) is 6.28. The van der Waals surface area contributed by atoms with E-state index in [2.05, 4.69) is 10.4 Å². The Morgan fingerprint density at radius 3 is 2.69 bits per heavy atom. The molecular weight excluding hydrogens is 204 g/mol. The number of nitrogens with one attached hydrogen (secondary N) is 1. The molecule has 0 heterocycles. The number of rotatable bonds is 4. The summed E-state index contributed by atoms with van der Waals surface area (Å²) in [7, 11) is 3.57. The number of likely N-dealkylation sites (N-methyl/N-ethyl adjacent to an activating group) is 1. The molecule has 1 rings (SSSR count). The van der Waals surface area contributed by atoms with Crippen molar-refractivity contribution < 1.29 is 4.74 Å². The van der Waals surface area contributed by atoms with Crippen molar-refractivity contribution in [2.75, 3.05) is 27.3 Å². The number of hydrogen-bond donors (Lipinski definition) is 2. The van der Waals surface area contributed by atoms with E-state index in [1.54, 1.807) is 7.11 Å². The zero-order valence-corrected chi connectivity index (χ0v) is 9.68. The van der Waals surface area contributed by atoms with Crippen LogP contribution in [-0.4, -0.2) is 38.2 Å². The van der Waals surface area contributed by atoms with Crippen molar-refractivity contribution in [2.45, 2.75) is 0 Å². The predicted octanol–water partition coefficient (Wildman–Crippen LogP) is 0.716. The fraction of sp³-hybridized carbons (Fsp3) is 0.364. The molecule has 0 saturated heterocycles. The minimum absolute atomic E-state index is 0.614. The van der Waals surface area contributed by atoms with Gasteiger partial charge in [0.05, 0.1) is 12.3 Å². The summed E-state index contributed by atoms with van der Waals surface area (Å²) in [6.07, 6.45) is 0. The van der Waals surface area contributed by atoms with Gasteiger partial charge in [-0.3, -0.25) is 5.43 Å². The van der Waals surface area contributed by atoms with Crippen LogP contribution in [0.2, 0.25) is 0 Å². The highest BCUT2D eigenvalue weighted by Crippen LogP contribution is 2.09. The molecule has 0 aliphatic rings. The van der Waals surface area contributed by atoms with Gasteiger partial charge in [0.1, 0.15) is 0 Å². The molecule has 3 N–H and O–H groups in total. The Morgan fingerprint density at radius 2 is 2.12 bits per heavy atom. The molecule has 0 aliphatic carbocycles. The van der Waals surface area contributed by atoms with Crippen molar-refractivity contribution in [1.82, 2.24) is 10.3 Å². The number of hydrogen-bond acceptors (Lipinski definition) is 3. The Bertz CT molecular complexity index is 326. The molecule has 0 saturated carbocycles. The molecule has 0 aliphatic heterocycles. The first-order valence-corrected chi connectivity index (χ1v) is 5.08. The first-order valence-electron chi connectivity index (χ1n) is 5.08. The second kappa shape index (κ2) is 6.81. The molecule has 0 bridgehead atoms. The van der Waals surface area contributed by atoms with Crippen LogP contribution in [0.4, 0.5) is 5.69 Å². The number of nitrogens with zero attached hydrogens (tertiary/aromatic N) is 2. The minimum atomic E-state index is 0.614. The number of benzene rings is 1. The maximum absolute atomic E-state index is 5.43. The molecule has 16 heavy (non-hydrogen) atoms. The van der Waals surface area contributed by atoms with Crippen LogP contribution in [0.5, 0.6) is 0 Å². The quantitative estimate of drug-likeness (QED) is 0.341. The third-order valence-electron chi connectivity index (χ3n) is 2.11. The van der Waals surface area contributed by atoms with Gasteiger partial charge in [0, 0.05) is 20.7 Å². The summed E-state index contributed by atoms with van der Waals surface area (Å²) >= 11 is 0. The van der Waals surface area contributed by atoms with Crippen LogP contribution in [-0.2, 0) is 4.74 Å². The molecule has 5 nitrogen and oxygen atoms in total. The van der Waals surface area contributed by atoms with E-state index in [4.69, 9.17) is 10.6 Å². The SMILES string of the molecule is COCCN(C)C(=Nc1ccccc1)NN. The second-order valence-electron chi connectivity index (χ2n) is 3.33. The molecule has 0 spiro atoms. The Hall–Kier alpha value is -1.59. The molecular formula is C11H18N4O. The molecule has 0 atom stereocenters. The summed E-state index contributed by atoms with van der Waals surface area (Å²) in [6.45, 7) is 1.36. The standard InChI is InChI=1S/C11H18N4O/c1-15(8-9-16-2)11(14-12)13-10-6-4-3-5-7-10/h3-7H,8-9,12H2,1-2H3,(H,13,14). The Kier molecular flexibility index (Phi) is 5.31. The number of guanidine groups is 1. The third kappa shape index (κ3) is 3.88. The van der Waals surface area contributed by atoms with Crippen LogP contribution in [0.15, 0.2) is 35.3 Å². The van der Waals surface area contributed by atoms with E-state index in [1.165, 1.54) is 0 Å². The fourth-order valence-electron chi connectivity index (χ4n) is 1.19. The van der Waals surface area contributed by atoms with Crippen molar-refractivity contribution in [3.05, 3.63) is 30.3 Å². The van der Waals surface area contributed by atoms with Crippen LogP contribution in [0.25, 0.3) is 0 Å². The number of nitrogens with two attached hydrogens (primary N) is 1. The largest absolute Gasteiger partial charge is 0.383 e. The topological polar surface area (TPSA) is 62.9 Å². The first kappa shape index (κ1) is 12.5. The van der Waals surface area contributed by atoms with Crippen LogP contribution in [0.3, 0.4) is 0 Å². The zero-order valence-electron chi connectivity index (χ0n) is 9.68. The molecule has 0 radical (unpaired) electrons. The number of methoxy groups -OCH3 is 1. The minimum Gasteiger partial charge on any atom is -0.383 e. The smallest absolute Gasteiger partial charge is 0.213 e. The number of aliphatic imine (C=N–C) groups is 1. The summed E-state index contributed by atoms with van der Waals surface area (Å²) < 4.78 is 4.99. The maximum Gasteiger partial charge on any atom is 0.213 e. The van der Waals surface area contributed by atoms with Gasteiger partial charge < -0.3 is 9.64 Å². The number of hydrazine groups is 1. The normalized spacial score (nSPS) is 11.3. The molecule has 0 unspecified atom stereocenters. The maximum atomic E-state index is 5.43. The first-order chi connectivity index (χ1) is 7.77. The lowest BCUT2D eigenvalue weighted by atomic mass is 10.3. The Morgan fingerprint density at radius 1 is 1.44 bits per heavy atom. The number of para-hydroxylation sites is 1. The van der Waals surface area contributed by atoms with Crippen molar-refractivity contribution in [2.24, 2.45) is 10.8 Å². The van der Waals surface area contributed by atoms with E-state index >= 15 is 0 Å². The summed E-state index contributed by atoms with van der Waals surface area (Å²) in [6, 6.07) is 9.65. The Labute approximate surface area is 95.9 Å². The zero-order chi connectivity index (χ0) is 11.8. The van der Waals surface area contributed by atoms with Gasteiger partial charge >= 0.3 is 0 Å². The Balaban J connectivity index is 2.69. The van der Waals surface area contributed by atoms with E-state index in [1.807, 2.05) is 42.3 Å². The lowest BCUT2D eigenvalue weighted by Gasteiger charge is -2.19. The average Bonchev–Trinajstić information content (AvgIpc) is 2.34. The molecule has 0 amide bonds. The molecule has 1 aromatic carbocycles. The summed E-state index contributed by atoms with van der Waals surface area (Å²) in [5.41, 5.74) is 3.44. The van der Waals surface area contributed by atoms with Gasteiger partial charge in [0.2, 0.25) is 5.96 Å². The molecule has 0 aromatic heterocycles. The van der Waals surface area contributed by atoms with Crippen LogP contribution < -0.4 is 11.3 Å². The van der Waals surface area contributed by atoms with Gasteiger partial charge in [0.25, 0.3) is 0 Å². The van der Waals surface area contributed by atoms with Gasteiger partial charge in [0.15, 0.2) is 0 Å². The molecule has 0 fully saturated rings. The van der Waals surface area contributed by atoms with Crippen molar-refractivity contribution >= 4 is 11.6 Å². The van der Waals surface area contributed by atoms with Gasteiger partial charge in [-0.05, 0) is 12.1 Å². The van der Waals surface area contributed by atoms with Crippen LogP contribution in [0, 0.1) is 0 Å². The fourth-order valence-corrected chi connectivity index (χ4v) is 1.19. The van der Waals surface area contributed by atoms with Gasteiger partial charge in [-0.25, -0.2) is 10.8 Å². The van der Waals surface area contributed by atoms with Crippen molar-refractivity contribution in [3.8, 4) is 0 Å². The van der Waals surface area contributed by atoms with E-state index in [9.17, 15) is 0 Å². The molecule has 5 heteroatoms. The van der Waals surface area contributed by atoms with Crippen LogP contribution >= 0.6 is 0 Å².